The summed E-state index contributed by atoms with van der Waals surface area (Å²) in [5.74, 6) is -0.173. The van der Waals surface area contributed by atoms with Crippen molar-refractivity contribution < 1.29 is 9.53 Å². The molecular weight excluding hydrogens is 308 g/mol. The normalized spacial score (nSPS) is 16.5. The number of amides is 1. The second-order valence-corrected chi connectivity index (χ2v) is 6.95. The number of carbonyl (C=O) groups excluding carboxylic acids is 1. The number of aryl methyl sites for hydroxylation is 1. The Balaban J connectivity index is 1.80. The van der Waals surface area contributed by atoms with Crippen LogP contribution >= 0.6 is 0 Å². The molecule has 3 rings (SSSR count). The van der Waals surface area contributed by atoms with Gasteiger partial charge in [-0.25, -0.2) is 0 Å². The highest BCUT2D eigenvalue weighted by Crippen LogP contribution is 2.16. The first kappa shape index (κ1) is 16.7. The fraction of sp³-hybridized carbons (Fsp3) is 0.529. The Morgan fingerprint density at radius 3 is 2.79 bits per heavy atom. The number of H-pyrrole nitrogens is 1. The molecule has 0 spiro atoms. The predicted molar refractivity (Wildman–Crippen MR) is 92.3 cm³/mol. The largest absolute Gasteiger partial charge is 0.379 e. The summed E-state index contributed by atoms with van der Waals surface area (Å²) in [5, 5.41) is 3.75. The number of morpholine rings is 1. The molecule has 0 bridgehead atoms. The number of fused-ring (bicyclic) bond motifs is 1. The first-order valence-electron chi connectivity index (χ1n) is 8.17. The van der Waals surface area contributed by atoms with Gasteiger partial charge in [0.1, 0.15) is 5.52 Å². The third-order valence-electron chi connectivity index (χ3n) is 4.31. The van der Waals surface area contributed by atoms with E-state index in [0.717, 1.165) is 32.8 Å². The molecular formula is C17H24N4O3. The van der Waals surface area contributed by atoms with Crippen molar-refractivity contribution in [1.82, 2.24) is 19.8 Å². The van der Waals surface area contributed by atoms with E-state index >= 15 is 0 Å². The first-order chi connectivity index (χ1) is 11.4. The summed E-state index contributed by atoms with van der Waals surface area (Å²) in [7, 11) is 1.65. The van der Waals surface area contributed by atoms with Crippen LogP contribution in [0.3, 0.4) is 0 Å². The molecule has 0 atom stereocenters. The fourth-order valence-corrected chi connectivity index (χ4v) is 3.18. The summed E-state index contributed by atoms with van der Waals surface area (Å²) in [5.41, 5.74) is 0.435. The second kappa shape index (κ2) is 6.41. The number of nitrogens with one attached hydrogen (secondary N) is 2. The van der Waals surface area contributed by atoms with E-state index < -0.39 is 0 Å². The number of aromatic amines is 1. The Labute approximate surface area is 140 Å². The van der Waals surface area contributed by atoms with Crippen LogP contribution in [-0.4, -0.2) is 58.7 Å². The summed E-state index contributed by atoms with van der Waals surface area (Å²) in [6.07, 6.45) is 3.28. The van der Waals surface area contributed by atoms with Crippen LogP contribution in [0.1, 0.15) is 24.2 Å². The molecule has 7 heteroatoms. The molecule has 0 unspecified atom stereocenters. The Kier molecular flexibility index (Phi) is 4.47. The zero-order valence-corrected chi connectivity index (χ0v) is 14.4. The molecule has 2 aromatic rings. The van der Waals surface area contributed by atoms with Crippen molar-refractivity contribution in [3.8, 4) is 0 Å². The minimum absolute atomic E-state index is 0.140. The highest BCUT2D eigenvalue weighted by atomic mass is 16.5. The lowest BCUT2D eigenvalue weighted by molar-refractivity contribution is 0.0269. The van der Waals surface area contributed by atoms with Gasteiger partial charge in [-0.2, -0.15) is 0 Å². The maximum absolute atomic E-state index is 12.8. The van der Waals surface area contributed by atoms with E-state index in [-0.39, 0.29) is 17.0 Å². The van der Waals surface area contributed by atoms with Gasteiger partial charge < -0.3 is 19.6 Å². The summed E-state index contributed by atoms with van der Waals surface area (Å²) in [4.78, 5) is 30.1. The van der Waals surface area contributed by atoms with Gasteiger partial charge in [-0.3, -0.25) is 14.5 Å². The highest BCUT2D eigenvalue weighted by molar-refractivity contribution is 6.06. The van der Waals surface area contributed by atoms with Crippen molar-refractivity contribution in [2.24, 2.45) is 7.05 Å². The van der Waals surface area contributed by atoms with Crippen LogP contribution in [0, 0.1) is 0 Å². The van der Waals surface area contributed by atoms with Crippen molar-refractivity contribution in [1.29, 1.82) is 0 Å². The molecule has 130 valence electrons. The van der Waals surface area contributed by atoms with E-state index in [9.17, 15) is 9.59 Å². The number of aromatic nitrogens is 2. The quantitative estimate of drug-likeness (QED) is 0.864. The lowest BCUT2D eigenvalue weighted by Gasteiger charge is -2.35. The standard InChI is InChI=1S/C17H24N4O3/c1-17(2,11-21-6-8-24-9-7-21)19-15(22)13-10-20(3)16(23)14-12(13)4-5-18-14/h4-5,10,18H,6-9,11H2,1-3H3,(H,19,22). The summed E-state index contributed by atoms with van der Waals surface area (Å²) < 4.78 is 6.80. The lowest BCUT2D eigenvalue weighted by Crippen LogP contribution is -2.53. The van der Waals surface area contributed by atoms with Crippen molar-refractivity contribution in [3.63, 3.8) is 0 Å². The molecule has 7 nitrogen and oxygen atoms in total. The second-order valence-electron chi connectivity index (χ2n) is 6.95. The molecule has 1 aliphatic heterocycles. The van der Waals surface area contributed by atoms with Crippen molar-refractivity contribution in [3.05, 3.63) is 34.4 Å². The lowest BCUT2D eigenvalue weighted by atomic mass is 10.0. The molecule has 3 heterocycles. The number of nitrogens with zero attached hydrogens (tertiary/aromatic N) is 2. The van der Waals surface area contributed by atoms with E-state index in [0.29, 0.717) is 16.5 Å². The summed E-state index contributed by atoms with van der Waals surface area (Å²) in [6.45, 7) is 7.99. The average Bonchev–Trinajstić information content (AvgIpc) is 3.00. The minimum atomic E-state index is -0.383. The minimum Gasteiger partial charge on any atom is -0.379 e. The van der Waals surface area contributed by atoms with E-state index in [1.807, 2.05) is 13.8 Å². The molecule has 0 aliphatic carbocycles. The van der Waals surface area contributed by atoms with Gasteiger partial charge in [0.15, 0.2) is 0 Å². The van der Waals surface area contributed by atoms with Gasteiger partial charge in [0.2, 0.25) is 0 Å². The van der Waals surface area contributed by atoms with Crippen LogP contribution in [-0.2, 0) is 11.8 Å². The molecule has 1 aliphatic rings. The third kappa shape index (κ3) is 3.37. The molecule has 1 saturated heterocycles. The van der Waals surface area contributed by atoms with E-state index in [1.54, 1.807) is 25.5 Å². The zero-order valence-electron chi connectivity index (χ0n) is 14.4. The van der Waals surface area contributed by atoms with Gasteiger partial charge in [0, 0.05) is 50.0 Å². The van der Waals surface area contributed by atoms with Gasteiger partial charge in [-0.1, -0.05) is 0 Å². The van der Waals surface area contributed by atoms with E-state index in [1.165, 1.54) is 4.57 Å². The number of hydrogen-bond acceptors (Lipinski definition) is 4. The Morgan fingerprint density at radius 1 is 1.38 bits per heavy atom. The van der Waals surface area contributed by atoms with Gasteiger partial charge in [0.25, 0.3) is 11.5 Å². The molecule has 0 aromatic carbocycles. The van der Waals surface area contributed by atoms with Crippen LogP contribution < -0.4 is 10.9 Å². The Morgan fingerprint density at radius 2 is 2.08 bits per heavy atom. The summed E-state index contributed by atoms with van der Waals surface area (Å²) >= 11 is 0. The number of rotatable bonds is 4. The summed E-state index contributed by atoms with van der Waals surface area (Å²) in [6, 6.07) is 1.76. The van der Waals surface area contributed by atoms with Gasteiger partial charge in [0.05, 0.1) is 18.8 Å². The van der Waals surface area contributed by atoms with Gasteiger partial charge >= 0.3 is 0 Å². The number of hydrogen-bond donors (Lipinski definition) is 2. The highest BCUT2D eigenvalue weighted by Gasteiger charge is 2.26. The number of pyridine rings is 1. The van der Waals surface area contributed by atoms with Crippen molar-refractivity contribution >= 4 is 16.8 Å². The topological polar surface area (TPSA) is 79.4 Å². The maximum Gasteiger partial charge on any atom is 0.274 e. The van der Waals surface area contributed by atoms with Crippen molar-refractivity contribution in [2.45, 2.75) is 19.4 Å². The van der Waals surface area contributed by atoms with Crippen LogP contribution in [0.2, 0.25) is 0 Å². The fourth-order valence-electron chi connectivity index (χ4n) is 3.18. The molecule has 0 radical (unpaired) electrons. The van der Waals surface area contributed by atoms with Crippen LogP contribution in [0.15, 0.2) is 23.3 Å². The van der Waals surface area contributed by atoms with E-state index in [4.69, 9.17) is 4.74 Å². The number of carbonyl (C=O) groups is 1. The molecule has 2 N–H and O–H groups in total. The van der Waals surface area contributed by atoms with Crippen molar-refractivity contribution in [2.75, 3.05) is 32.8 Å². The monoisotopic (exact) mass is 332 g/mol. The van der Waals surface area contributed by atoms with Crippen LogP contribution in [0.25, 0.3) is 10.9 Å². The van der Waals surface area contributed by atoms with E-state index in [2.05, 4.69) is 15.2 Å². The molecule has 24 heavy (non-hydrogen) atoms. The zero-order chi connectivity index (χ0) is 17.3. The Bertz CT molecular complexity index is 800. The molecule has 1 fully saturated rings. The predicted octanol–water partition coefficient (Wildman–Crippen LogP) is 0.707. The van der Waals surface area contributed by atoms with Crippen LogP contribution in [0.5, 0.6) is 0 Å². The Hall–Kier alpha value is -2.12. The molecule has 0 saturated carbocycles. The van der Waals surface area contributed by atoms with Gasteiger partial charge in [-0.05, 0) is 19.9 Å². The van der Waals surface area contributed by atoms with Gasteiger partial charge in [-0.15, -0.1) is 0 Å². The number of ether oxygens (including phenoxy) is 1. The SMILES string of the molecule is Cn1cc(C(=O)NC(C)(C)CN2CCOCC2)c2cc[nH]c2c1=O. The smallest absolute Gasteiger partial charge is 0.274 e. The molecule has 1 amide bonds. The average molecular weight is 332 g/mol. The maximum atomic E-state index is 12.8. The first-order valence-corrected chi connectivity index (χ1v) is 8.17. The van der Waals surface area contributed by atoms with Crippen LogP contribution in [0.4, 0.5) is 0 Å². The molecule has 2 aromatic heterocycles. The third-order valence-corrected chi connectivity index (χ3v) is 4.31.